The van der Waals surface area contributed by atoms with E-state index >= 15 is 0 Å². The van der Waals surface area contributed by atoms with Gasteiger partial charge in [0.1, 0.15) is 0 Å². The zero-order chi connectivity index (χ0) is 10.9. The van der Waals surface area contributed by atoms with Gasteiger partial charge in [-0.3, -0.25) is 0 Å². The van der Waals surface area contributed by atoms with Crippen molar-refractivity contribution in [3.05, 3.63) is 0 Å². The summed E-state index contributed by atoms with van der Waals surface area (Å²) in [7, 11) is 0. The van der Waals surface area contributed by atoms with Gasteiger partial charge in [0.05, 0.1) is 6.61 Å². The van der Waals surface area contributed by atoms with E-state index < -0.39 is 0 Å². The lowest BCUT2D eigenvalue weighted by molar-refractivity contribution is 0.0378. The molecule has 0 amide bonds. The van der Waals surface area contributed by atoms with Gasteiger partial charge in [-0.15, -0.1) is 0 Å². The fourth-order valence-electron chi connectivity index (χ4n) is 2.30. The molecule has 0 radical (unpaired) electrons. The van der Waals surface area contributed by atoms with Crippen LogP contribution in [0.1, 0.15) is 58.3 Å². The predicted molar refractivity (Wildman–Crippen MR) is 64.9 cm³/mol. The largest absolute Gasteiger partial charge is 0.381 e. The van der Waals surface area contributed by atoms with Crippen LogP contribution in [0.25, 0.3) is 0 Å². The molecule has 90 valence electrons. The van der Waals surface area contributed by atoms with E-state index in [0.29, 0.717) is 12.0 Å². The summed E-state index contributed by atoms with van der Waals surface area (Å²) in [6.45, 7) is 4.03. The normalized spacial score (nSPS) is 26.8. The van der Waals surface area contributed by atoms with Gasteiger partial charge in [0.25, 0.3) is 0 Å². The third kappa shape index (κ3) is 5.53. The van der Waals surface area contributed by atoms with Gasteiger partial charge < -0.3 is 10.5 Å². The van der Waals surface area contributed by atoms with Crippen molar-refractivity contribution < 1.29 is 4.74 Å². The molecule has 0 aromatic carbocycles. The molecule has 0 bridgehead atoms. The first kappa shape index (κ1) is 13.0. The minimum atomic E-state index is 0.398. The molecular weight excluding hydrogens is 186 g/mol. The molecule has 0 aromatic rings. The molecule has 0 spiro atoms. The van der Waals surface area contributed by atoms with Crippen molar-refractivity contribution in [3.8, 4) is 0 Å². The lowest BCUT2D eigenvalue weighted by atomic mass is 9.91. The van der Waals surface area contributed by atoms with Gasteiger partial charge in [0.15, 0.2) is 0 Å². The van der Waals surface area contributed by atoms with Crippen LogP contribution in [-0.4, -0.2) is 19.3 Å². The van der Waals surface area contributed by atoms with Crippen LogP contribution in [0.5, 0.6) is 0 Å². The van der Waals surface area contributed by atoms with Crippen LogP contribution in [0.4, 0.5) is 0 Å². The highest BCUT2D eigenvalue weighted by atomic mass is 16.5. The zero-order valence-electron chi connectivity index (χ0n) is 10.2. The van der Waals surface area contributed by atoms with E-state index in [-0.39, 0.29) is 0 Å². The minimum Gasteiger partial charge on any atom is -0.381 e. The lowest BCUT2D eigenvalue weighted by Crippen LogP contribution is -2.38. The van der Waals surface area contributed by atoms with Gasteiger partial charge in [-0.1, -0.05) is 45.4 Å². The summed E-state index contributed by atoms with van der Waals surface area (Å²) in [5.74, 6) is 0.630. The lowest BCUT2D eigenvalue weighted by Gasteiger charge is -2.28. The Balaban J connectivity index is 1.94. The van der Waals surface area contributed by atoms with E-state index in [1.165, 1.54) is 44.9 Å². The molecule has 2 N–H and O–H groups in total. The van der Waals surface area contributed by atoms with E-state index in [1.54, 1.807) is 0 Å². The van der Waals surface area contributed by atoms with Gasteiger partial charge in [-0.25, -0.2) is 0 Å². The van der Waals surface area contributed by atoms with Crippen LogP contribution < -0.4 is 5.73 Å². The third-order valence-electron chi connectivity index (χ3n) is 3.46. The Morgan fingerprint density at radius 3 is 2.60 bits per heavy atom. The van der Waals surface area contributed by atoms with Gasteiger partial charge in [0.2, 0.25) is 0 Å². The number of hydrogen-bond donors (Lipinski definition) is 1. The average Bonchev–Trinajstić information content (AvgIpc) is 2.25. The predicted octanol–water partition coefficient (Wildman–Crippen LogP) is 3.10. The third-order valence-corrected chi connectivity index (χ3v) is 3.46. The van der Waals surface area contributed by atoms with Crippen LogP contribution in [0.2, 0.25) is 0 Å². The second-order valence-corrected chi connectivity index (χ2v) is 4.84. The zero-order valence-corrected chi connectivity index (χ0v) is 10.2. The Bertz CT molecular complexity index is 149. The Morgan fingerprint density at radius 1 is 1.13 bits per heavy atom. The van der Waals surface area contributed by atoms with Crippen molar-refractivity contribution >= 4 is 0 Å². The summed E-state index contributed by atoms with van der Waals surface area (Å²) < 4.78 is 5.47. The number of nitrogens with two attached hydrogens (primary N) is 1. The van der Waals surface area contributed by atoms with Crippen LogP contribution in [0.15, 0.2) is 0 Å². The molecule has 15 heavy (non-hydrogen) atoms. The molecule has 1 aliphatic rings. The Labute approximate surface area is 94.6 Å². The summed E-state index contributed by atoms with van der Waals surface area (Å²) >= 11 is 0. The second-order valence-electron chi connectivity index (χ2n) is 4.84. The fourth-order valence-corrected chi connectivity index (χ4v) is 2.30. The Morgan fingerprint density at radius 2 is 1.87 bits per heavy atom. The molecule has 2 nitrogen and oxygen atoms in total. The minimum absolute atomic E-state index is 0.398. The highest BCUT2D eigenvalue weighted by molar-refractivity contribution is 4.76. The quantitative estimate of drug-likeness (QED) is 0.660. The van der Waals surface area contributed by atoms with Crippen molar-refractivity contribution in [2.24, 2.45) is 11.7 Å². The maximum atomic E-state index is 6.06. The van der Waals surface area contributed by atoms with Gasteiger partial charge >= 0.3 is 0 Å². The number of hydrogen-bond acceptors (Lipinski definition) is 2. The van der Waals surface area contributed by atoms with Crippen molar-refractivity contribution in [2.45, 2.75) is 64.3 Å². The molecule has 0 saturated carbocycles. The van der Waals surface area contributed by atoms with Crippen molar-refractivity contribution in [1.82, 2.24) is 0 Å². The SMILES string of the molecule is CCCCCCCCC1COCCC1N. The summed E-state index contributed by atoms with van der Waals surface area (Å²) in [6, 6.07) is 0.398. The molecule has 2 unspecified atom stereocenters. The van der Waals surface area contributed by atoms with E-state index in [4.69, 9.17) is 10.5 Å². The molecule has 1 heterocycles. The molecule has 2 heteroatoms. The first-order valence-corrected chi connectivity index (χ1v) is 6.68. The Kier molecular flexibility index (Phi) is 7.03. The smallest absolute Gasteiger partial charge is 0.0509 e. The fraction of sp³-hybridized carbons (Fsp3) is 1.00. The maximum absolute atomic E-state index is 6.06. The van der Waals surface area contributed by atoms with Crippen LogP contribution >= 0.6 is 0 Å². The highest BCUT2D eigenvalue weighted by Gasteiger charge is 2.21. The molecule has 1 rings (SSSR count). The molecule has 0 aliphatic carbocycles. The first-order chi connectivity index (χ1) is 7.34. The monoisotopic (exact) mass is 213 g/mol. The van der Waals surface area contributed by atoms with Gasteiger partial charge in [-0.2, -0.15) is 0 Å². The standard InChI is InChI=1S/C13H27NO/c1-2-3-4-5-6-7-8-12-11-15-10-9-13(12)14/h12-13H,2-11,14H2,1H3. The topological polar surface area (TPSA) is 35.2 Å². The van der Waals surface area contributed by atoms with Crippen LogP contribution in [0, 0.1) is 5.92 Å². The molecule has 1 aliphatic heterocycles. The van der Waals surface area contributed by atoms with Crippen LogP contribution in [-0.2, 0) is 4.74 Å². The van der Waals surface area contributed by atoms with Gasteiger partial charge in [0, 0.05) is 12.6 Å². The number of rotatable bonds is 7. The maximum Gasteiger partial charge on any atom is 0.0509 e. The van der Waals surface area contributed by atoms with Gasteiger partial charge in [-0.05, 0) is 18.8 Å². The van der Waals surface area contributed by atoms with E-state index in [1.807, 2.05) is 0 Å². The molecule has 1 fully saturated rings. The number of ether oxygens (including phenoxy) is 1. The van der Waals surface area contributed by atoms with Crippen molar-refractivity contribution in [2.75, 3.05) is 13.2 Å². The number of unbranched alkanes of at least 4 members (excludes halogenated alkanes) is 5. The van der Waals surface area contributed by atoms with E-state index in [9.17, 15) is 0 Å². The molecule has 0 aromatic heterocycles. The summed E-state index contributed by atoms with van der Waals surface area (Å²) in [5.41, 5.74) is 6.06. The average molecular weight is 213 g/mol. The molecule has 1 saturated heterocycles. The molecular formula is C13H27NO. The second kappa shape index (κ2) is 8.12. The molecule has 2 atom stereocenters. The van der Waals surface area contributed by atoms with E-state index in [2.05, 4.69) is 6.92 Å². The summed E-state index contributed by atoms with van der Waals surface area (Å²) in [5, 5.41) is 0. The Hall–Kier alpha value is -0.0800. The summed E-state index contributed by atoms with van der Waals surface area (Å²) in [4.78, 5) is 0. The highest BCUT2D eigenvalue weighted by Crippen LogP contribution is 2.19. The van der Waals surface area contributed by atoms with Crippen molar-refractivity contribution in [1.29, 1.82) is 0 Å². The van der Waals surface area contributed by atoms with Crippen LogP contribution in [0.3, 0.4) is 0 Å². The van der Waals surface area contributed by atoms with E-state index in [0.717, 1.165) is 19.6 Å². The first-order valence-electron chi connectivity index (χ1n) is 6.68. The summed E-state index contributed by atoms with van der Waals surface area (Å²) in [6.07, 6.45) is 10.6. The van der Waals surface area contributed by atoms with Crippen molar-refractivity contribution in [3.63, 3.8) is 0 Å².